The standard InChI is InChI=1S/C5H10O3.C4H8O3/c6-4-2-1-3-5(7)8;1-2-3(5)4(6)7/h6H,1-4H2,(H,7,8);3,5H,2H2,1H3,(H,6,7). The number of aliphatic hydroxyl groups is 2. The van der Waals surface area contributed by atoms with Crippen molar-refractivity contribution in [3.05, 3.63) is 0 Å². The second-order valence-corrected chi connectivity index (χ2v) is 2.84. The Morgan fingerprint density at radius 1 is 1.20 bits per heavy atom. The summed E-state index contributed by atoms with van der Waals surface area (Å²) in [5.74, 6) is -1.94. The maximum absolute atomic E-state index is 9.79. The minimum absolute atomic E-state index is 0.0906. The van der Waals surface area contributed by atoms with Crippen LogP contribution in [0, 0.1) is 0 Å². The molecule has 0 bridgehead atoms. The van der Waals surface area contributed by atoms with Gasteiger partial charge in [-0.05, 0) is 19.3 Å². The zero-order valence-corrected chi connectivity index (χ0v) is 8.72. The largest absolute Gasteiger partial charge is 0.481 e. The molecule has 0 heterocycles. The van der Waals surface area contributed by atoms with Crippen LogP contribution in [0.1, 0.15) is 32.6 Å². The van der Waals surface area contributed by atoms with Crippen molar-refractivity contribution >= 4 is 11.9 Å². The fourth-order valence-electron chi connectivity index (χ4n) is 0.563. The Kier molecular flexibility index (Phi) is 11.9. The molecule has 0 spiro atoms. The molecule has 6 heteroatoms. The predicted molar refractivity (Wildman–Crippen MR) is 52.5 cm³/mol. The van der Waals surface area contributed by atoms with E-state index in [1.165, 1.54) is 0 Å². The van der Waals surface area contributed by atoms with Crippen LogP contribution in [-0.2, 0) is 9.59 Å². The van der Waals surface area contributed by atoms with E-state index in [0.717, 1.165) is 0 Å². The molecule has 1 unspecified atom stereocenters. The fraction of sp³-hybridized carbons (Fsp3) is 0.778. The minimum atomic E-state index is -1.18. The summed E-state index contributed by atoms with van der Waals surface area (Å²) in [6.07, 6.45) is 0.425. The van der Waals surface area contributed by atoms with Gasteiger partial charge in [-0.15, -0.1) is 0 Å². The van der Waals surface area contributed by atoms with Gasteiger partial charge in [-0.2, -0.15) is 0 Å². The number of aliphatic carboxylic acids is 2. The Morgan fingerprint density at radius 2 is 1.73 bits per heavy atom. The number of unbranched alkanes of at least 4 members (excludes halogenated alkanes) is 1. The van der Waals surface area contributed by atoms with Gasteiger partial charge in [0.1, 0.15) is 0 Å². The van der Waals surface area contributed by atoms with E-state index in [9.17, 15) is 9.59 Å². The smallest absolute Gasteiger partial charge is 0.332 e. The van der Waals surface area contributed by atoms with Crippen LogP contribution in [0.15, 0.2) is 0 Å². The lowest BCUT2D eigenvalue weighted by molar-refractivity contribution is -0.146. The molecule has 0 rings (SSSR count). The van der Waals surface area contributed by atoms with Gasteiger partial charge in [0.2, 0.25) is 0 Å². The maximum atomic E-state index is 9.79. The molecule has 6 nitrogen and oxygen atoms in total. The van der Waals surface area contributed by atoms with Gasteiger partial charge in [-0.3, -0.25) is 4.79 Å². The van der Waals surface area contributed by atoms with Crippen molar-refractivity contribution < 1.29 is 30.0 Å². The van der Waals surface area contributed by atoms with Gasteiger partial charge < -0.3 is 20.4 Å². The summed E-state index contributed by atoms with van der Waals surface area (Å²) in [4.78, 5) is 19.5. The van der Waals surface area contributed by atoms with E-state index >= 15 is 0 Å². The van der Waals surface area contributed by atoms with Crippen LogP contribution in [0.5, 0.6) is 0 Å². The molecule has 0 aliphatic heterocycles. The van der Waals surface area contributed by atoms with Gasteiger partial charge in [0.25, 0.3) is 0 Å². The van der Waals surface area contributed by atoms with Crippen LogP contribution in [0.2, 0.25) is 0 Å². The summed E-state index contributed by atoms with van der Waals surface area (Å²) < 4.78 is 0. The Bertz CT molecular complexity index is 179. The molecule has 0 saturated heterocycles. The first kappa shape index (κ1) is 16.3. The van der Waals surface area contributed by atoms with Crippen LogP contribution in [0.4, 0.5) is 0 Å². The SMILES string of the molecule is CCC(O)C(=O)O.O=C(O)CCCCO. The van der Waals surface area contributed by atoms with Crippen molar-refractivity contribution in [2.45, 2.75) is 38.7 Å². The van der Waals surface area contributed by atoms with Crippen molar-refractivity contribution in [2.75, 3.05) is 6.61 Å². The molecule has 0 fully saturated rings. The first-order valence-corrected chi connectivity index (χ1v) is 4.69. The van der Waals surface area contributed by atoms with Crippen molar-refractivity contribution in [1.82, 2.24) is 0 Å². The number of carboxylic acid groups (broad SMARTS) is 2. The highest BCUT2D eigenvalue weighted by Gasteiger charge is 2.07. The average Bonchev–Trinajstić information content (AvgIpc) is 2.17. The maximum Gasteiger partial charge on any atom is 0.332 e. The molecule has 4 N–H and O–H groups in total. The van der Waals surface area contributed by atoms with Gasteiger partial charge >= 0.3 is 11.9 Å². The molecule has 1 atom stereocenters. The van der Waals surface area contributed by atoms with Crippen LogP contribution < -0.4 is 0 Å². The van der Waals surface area contributed by atoms with Gasteiger partial charge in [0, 0.05) is 13.0 Å². The lowest BCUT2D eigenvalue weighted by atomic mass is 10.2. The zero-order valence-electron chi connectivity index (χ0n) is 8.72. The van der Waals surface area contributed by atoms with Crippen molar-refractivity contribution in [2.24, 2.45) is 0 Å². The van der Waals surface area contributed by atoms with Crippen LogP contribution in [0.25, 0.3) is 0 Å². The van der Waals surface area contributed by atoms with Crippen molar-refractivity contribution in [3.63, 3.8) is 0 Å². The second kappa shape index (κ2) is 10.9. The summed E-state index contributed by atoms with van der Waals surface area (Å²) in [5, 5.41) is 32.5. The van der Waals surface area contributed by atoms with E-state index in [2.05, 4.69) is 0 Å². The lowest BCUT2D eigenvalue weighted by Gasteiger charge is -1.95. The van der Waals surface area contributed by atoms with Gasteiger partial charge in [-0.1, -0.05) is 6.92 Å². The Labute approximate surface area is 88.2 Å². The van der Waals surface area contributed by atoms with E-state index in [0.29, 0.717) is 12.8 Å². The summed E-state index contributed by atoms with van der Waals surface area (Å²) in [6, 6.07) is 0. The number of hydrogen-bond donors (Lipinski definition) is 4. The highest BCUT2D eigenvalue weighted by atomic mass is 16.4. The average molecular weight is 222 g/mol. The molecule has 0 radical (unpaired) electrons. The Morgan fingerprint density at radius 3 is 1.93 bits per heavy atom. The van der Waals surface area contributed by atoms with Crippen LogP contribution in [0.3, 0.4) is 0 Å². The molecule has 0 aromatic heterocycles. The van der Waals surface area contributed by atoms with E-state index in [-0.39, 0.29) is 19.4 Å². The van der Waals surface area contributed by atoms with Crippen LogP contribution >= 0.6 is 0 Å². The molecular formula is C9H18O6. The van der Waals surface area contributed by atoms with Gasteiger partial charge in [-0.25, -0.2) is 4.79 Å². The number of carboxylic acids is 2. The van der Waals surface area contributed by atoms with Crippen molar-refractivity contribution in [1.29, 1.82) is 0 Å². The molecule has 15 heavy (non-hydrogen) atoms. The van der Waals surface area contributed by atoms with E-state index < -0.39 is 18.0 Å². The number of rotatable bonds is 6. The molecule has 90 valence electrons. The zero-order chi connectivity index (χ0) is 12.3. The van der Waals surface area contributed by atoms with Crippen molar-refractivity contribution in [3.8, 4) is 0 Å². The van der Waals surface area contributed by atoms with E-state index in [4.69, 9.17) is 20.4 Å². The predicted octanol–water partition coefficient (Wildman–Crippen LogP) is 0.0755. The molecule has 0 aliphatic carbocycles. The topological polar surface area (TPSA) is 115 Å². The summed E-state index contributed by atoms with van der Waals surface area (Å²) in [6.45, 7) is 1.70. The van der Waals surface area contributed by atoms with Crippen LogP contribution in [-0.4, -0.2) is 45.1 Å². The second-order valence-electron chi connectivity index (χ2n) is 2.84. The first-order chi connectivity index (χ1) is 6.95. The fourth-order valence-corrected chi connectivity index (χ4v) is 0.563. The summed E-state index contributed by atoms with van der Waals surface area (Å²) in [7, 11) is 0. The molecule has 0 saturated carbocycles. The Hall–Kier alpha value is -1.14. The number of carbonyl (C=O) groups is 2. The summed E-state index contributed by atoms with van der Waals surface area (Å²) >= 11 is 0. The first-order valence-electron chi connectivity index (χ1n) is 4.69. The highest BCUT2D eigenvalue weighted by molar-refractivity contribution is 5.71. The van der Waals surface area contributed by atoms with Gasteiger partial charge in [0.05, 0.1) is 0 Å². The normalized spacial score (nSPS) is 11.1. The van der Waals surface area contributed by atoms with E-state index in [1.54, 1.807) is 6.92 Å². The number of aliphatic hydroxyl groups excluding tert-OH is 2. The third-order valence-corrected chi connectivity index (χ3v) is 1.47. The highest BCUT2D eigenvalue weighted by Crippen LogP contribution is 1.92. The van der Waals surface area contributed by atoms with Gasteiger partial charge in [0.15, 0.2) is 6.10 Å². The molecule has 0 aromatic carbocycles. The third kappa shape index (κ3) is 15.6. The molecular weight excluding hydrogens is 204 g/mol. The minimum Gasteiger partial charge on any atom is -0.481 e. The molecule has 0 aromatic rings. The molecule has 0 aliphatic rings. The summed E-state index contributed by atoms with van der Waals surface area (Å²) in [5.41, 5.74) is 0. The number of hydrogen-bond acceptors (Lipinski definition) is 4. The molecule has 0 amide bonds. The lowest BCUT2D eigenvalue weighted by Crippen LogP contribution is -2.17. The monoisotopic (exact) mass is 222 g/mol. The van der Waals surface area contributed by atoms with E-state index in [1.807, 2.05) is 0 Å². The Balaban J connectivity index is 0. The third-order valence-electron chi connectivity index (χ3n) is 1.47. The quantitative estimate of drug-likeness (QED) is 0.473.